The zero-order valence-corrected chi connectivity index (χ0v) is 15.1. The van der Waals surface area contributed by atoms with Crippen LogP contribution in [0.1, 0.15) is 29.3 Å². The molecule has 3 rings (SSSR count). The number of benzene rings is 1. The lowest BCUT2D eigenvalue weighted by molar-refractivity contribution is 0.0342. The van der Waals surface area contributed by atoms with Gasteiger partial charge in [0.2, 0.25) is 0 Å². The molecule has 1 fully saturated rings. The maximum absolute atomic E-state index is 12.6. The van der Waals surface area contributed by atoms with Crippen molar-refractivity contribution in [3.63, 3.8) is 0 Å². The van der Waals surface area contributed by atoms with Gasteiger partial charge in [0.15, 0.2) is 0 Å². The molecule has 2 aliphatic heterocycles. The normalized spacial score (nSPS) is 20.0. The van der Waals surface area contributed by atoms with Gasteiger partial charge in [0, 0.05) is 36.2 Å². The Bertz CT molecular complexity index is 592. The highest BCUT2D eigenvalue weighted by Crippen LogP contribution is 2.23. The van der Waals surface area contributed by atoms with E-state index in [4.69, 9.17) is 4.74 Å². The lowest BCUT2D eigenvalue weighted by atomic mass is 10.1. The van der Waals surface area contributed by atoms with Crippen LogP contribution in [0.2, 0.25) is 0 Å². The Morgan fingerprint density at radius 2 is 1.87 bits per heavy atom. The maximum atomic E-state index is 12.6. The highest BCUT2D eigenvalue weighted by atomic mass is 79.9. The smallest absolute Gasteiger partial charge is 0.254 e. The maximum Gasteiger partial charge on any atom is 0.254 e. The Hall–Kier alpha value is -1.17. The average Bonchev–Trinajstić information content (AvgIpc) is 2.58. The number of hydrogen-bond donors (Lipinski definition) is 0. The van der Waals surface area contributed by atoms with Crippen LogP contribution in [0.5, 0.6) is 0 Å². The van der Waals surface area contributed by atoms with Gasteiger partial charge in [-0.1, -0.05) is 33.6 Å². The van der Waals surface area contributed by atoms with E-state index >= 15 is 0 Å². The van der Waals surface area contributed by atoms with Crippen LogP contribution in [0.3, 0.4) is 0 Å². The molecule has 0 aromatic heterocycles. The first-order valence-electron chi connectivity index (χ1n) is 8.16. The molecule has 124 valence electrons. The molecule has 0 saturated carbocycles. The van der Waals surface area contributed by atoms with Crippen LogP contribution in [0.25, 0.3) is 0 Å². The van der Waals surface area contributed by atoms with Crippen molar-refractivity contribution in [2.75, 3.05) is 39.4 Å². The van der Waals surface area contributed by atoms with E-state index in [-0.39, 0.29) is 5.91 Å². The molecule has 2 heterocycles. The highest BCUT2D eigenvalue weighted by molar-refractivity contribution is 9.11. The first-order chi connectivity index (χ1) is 11.1. The minimum Gasteiger partial charge on any atom is -0.379 e. The van der Waals surface area contributed by atoms with E-state index in [1.165, 1.54) is 11.1 Å². The standard InChI is InChI=1S/C18H23BrN2O2/c1-14-6-7-21(13-17(14)19)18(22)16-4-2-15(3-5-16)12-20-8-10-23-11-9-20/h2-5H,6-13H2,1H3. The number of hydrogen-bond acceptors (Lipinski definition) is 3. The molecule has 1 aromatic carbocycles. The molecule has 1 saturated heterocycles. The van der Waals surface area contributed by atoms with E-state index in [1.54, 1.807) is 0 Å². The first-order valence-corrected chi connectivity index (χ1v) is 8.95. The Morgan fingerprint density at radius 1 is 1.17 bits per heavy atom. The summed E-state index contributed by atoms with van der Waals surface area (Å²) in [6, 6.07) is 8.06. The molecular formula is C18H23BrN2O2. The van der Waals surface area contributed by atoms with Crippen LogP contribution in [0, 0.1) is 0 Å². The molecule has 0 unspecified atom stereocenters. The molecule has 1 aromatic rings. The summed E-state index contributed by atoms with van der Waals surface area (Å²) < 4.78 is 6.51. The fourth-order valence-electron chi connectivity index (χ4n) is 2.95. The predicted molar refractivity (Wildman–Crippen MR) is 94.7 cm³/mol. The van der Waals surface area contributed by atoms with Crippen molar-refractivity contribution < 1.29 is 9.53 Å². The number of halogens is 1. The van der Waals surface area contributed by atoms with Crippen molar-refractivity contribution in [3.8, 4) is 0 Å². The molecule has 0 spiro atoms. The summed E-state index contributed by atoms with van der Waals surface area (Å²) in [7, 11) is 0. The van der Waals surface area contributed by atoms with Crippen molar-refractivity contribution in [3.05, 3.63) is 45.4 Å². The van der Waals surface area contributed by atoms with Crippen LogP contribution in [0.15, 0.2) is 34.3 Å². The Kier molecular flexibility index (Phi) is 5.51. The summed E-state index contributed by atoms with van der Waals surface area (Å²) in [5, 5.41) is 0. The fraction of sp³-hybridized carbons (Fsp3) is 0.500. The van der Waals surface area contributed by atoms with Crippen molar-refractivity contribution in [2.24, 2.45) is 0 Å². The highest BCUT2D eigenvalue weighted by Gasteiger charge is 2.21. The number of amides is 1. The third-order valence-electron chi connectivity index (χ3n) is 4.55. The number of carbonyl (C=O) groups is 1. The molecular weight excluding hydrogens is 356 g/mol. The first kappa shape index (κ1) is 16.7. The third kappa shape index (κ3) is 4.22. The van der Waals surface area contributed by atoms with Crippen molar-refractivity contribution >= 4 is 21.8 Å². The van der Waals surface area contributed by atoms with E-state index in [0.717, 1.165) is 55.9 Å². The number of ether oxygens (including phenoxy) is 1. The Labute approximate surface area is 146 Å². The minimum atomic E-state index is 0.118. The monoisotopic (exact) mass is 378 g/mol. The number of morpholine rings is 1. The zero-order chi connectivity index (χ0) is 16.2. The number of rotatable bonds is 3. The Morgan fingerprint density at radius 3 is 2.52 bits per heavy atom. The van der Waals surface area contributed by atoms with Gasteiger partial charge in [-0.05, 0) is 31.0 Å². The summed E-state index contributed by atoms with van der Waals surface area (Å²) >= 11 is 3.57. The largest absolute Gasteiger partial charge is 0.379 e. The van der Waals surface area contributed by atoms with Crippen LogP contribution in [0.4, 0.5) is 0 Å². The van der Waals surface area contributed by atoms with E-state index in [1.807, 2.05) is 17.0 Å². The SMILES string of the molecule is CC1=C(Br)CN(C(=O)c2ccc(CN3CCOCC3)cc2)CC1. The van der Waals surface area contributed by atoms with Gasteiger partial charge in [-0.2, -0.15) is 0 Å². The van der Waals surface area contributed by atoms with Gasteiger partial charge < -0.3 is 9.64 Å². The van der Waals surface area contributed by atoms with E-state index in [0.29, 0.717) is 6.54 Å². The van der Waals surface area contributed by atoms with Crippen molar-refractivity contribution in [1.82, 2.24) is 9.80 Å². The quantitative estimate of drug-likeness (QED) is 0.810. The number of nitrogens with zero attached hydrogens (tertiary/aromatic N) is 2. The second kappa shape index (κ2) is 7.60. The van der Waals surface area contributed by atoms with Gasteiger partial charge in [-0.15, -0.1) is 0 Å². The van der Waals surface area contributed by atoms with Crippen LogP contribution < -0.4 is 0 Å². The molecule has 1 amide bonds. The zero-order valence-electron chi connectivity index (χ0n) is 13.6. The molecule has 4 nitrogen and oxygen atoms in total. The summed E-state index contributed by atoms with van der Waals surface area (Å²) in [6.45, 7) is 8.11. The lowest BCUT2D eigenvalue weighted by Crippen LogP contribution is -2.36. The Balaban J connectivity index is 1.61. The second-order valence-electron chi connectivity index (χ2n) is 6.25. The van der Waals surface area contributed by atoms with Crippen LogP contribution in [-0.4, -0.2) is 55.1 Å². The molecule has 2 aliphatic rings. The van der Waals surface area contributed by atoms with Gasteiger partial charge in [-0.25, -0.2) is 0 Å². The number of carbonyl (C=O) groups excluding carboxylic acids is 1. The average molecular weight is 379 g/mol. The molecule has 0 N–H and O–H groups in total. The van der Waals surface area contributed by atoms with Gasteiger partial charge in [0.05, 0.1) is 19.8 Å². The second-order valence-corrected chi connectivity index (χ2v) is 7.20. The van der Waals surface area contributed by atoms with Crippen LogP contribution in [-0.2, 0) is 11.3 Å². The van der Waals surface area contributed by atoms with E-state index < -0.39 is 0 Å². The van der Waals surface area contributed by atoms with Gasteiger partial charge in [0.1, 0.15) is 0 Å². The van der Waals surface area contributed by atoms with Gasteiger partial charge in [0.25, 0.3) is 5.91 Å². The lowest BCUT2D eigenvalue weighted by Gasteiger charge is -2.28. The molecule has 23 heavy (non-hydrogen) atoms. The molecule has 0 atom stereocenters. The van der Waals surface area contributed by atoms with Gasteiger partial charge in [-0.3, -0.25) is 9.69 Å². The van der Waals surface area contributed by atoms with Crippen molar-refractivity contribution in [1.29, 1.82) is 0 Å². The van der Waals surface area contributed by atoms with Gasteiger partial charge >= 0.3 is 0 Å². The summed E-state index contributed by atoms with van der Waals surface area (Å²) in [4.78, 5) is 16.9. The van der Waals surface area contributed by atoms with E-state index in [2.05, 4.69) is 39.9 Å². The predicted octanol–water partition coefficient (Wildman–Crippen LogP) is 3.03. The third-order valence-corrected chi connectivity index (χ3v) is 5.48. The fourth-order valence-corrected chi connectivity index (χ4v) is 3.45. The van der Waals surface area contributed by atoms with Crippen LogP contribution >= 0.6 is 15.9 Å². The summed E-state index contributed by atoms with van der Waals surface area (Å²) in [5.41, 5.74) is 3.37. The molecule has 5 heteroatoms. The molecule has 0 aliphatic carbocycles. The van der Waals surface area contributed by atoms with Crippen molar-refractivity contribution in [2.45, 2.75) is 19.9 Å². The van der Waals surface area contributed by atoms with E-state index in [9.17, 15) is 4.79 Å². The topological polar surface area (TPSA) is 32.8 Å². The molecule has 0 radical (unpaired) electrons. The summed E-state index contributed by atoms with van der Waals surface area (Å²) in [5.74, 6) is 0.118. The summed E-state index contributed by atoms with van der Waals surface area (Å²) in [6.07, 6.45) is 0.946. The molecule has 0 bridgehead atoms. The minimum absolute atomic E-state index is 0.118.